The Kier molecular flexibility index (Phi) is 5.57. The van der Waals surface area contributed by atoms with Gasteiger partial charge in [-0.15, -0.1) is 0 Å². The normalized spacial score (nSPS) is 11.9. The Morgan fingerprint density at radius 3 is 2.78 bits per heavy atom. The summed E-state index contributed by atoms with van der Waals surface area (Å²) in [7, 11) is 1.43. The first-order chi connectivity index (χ1) is 8.55. The summed E-state index contributed by atoms with van der Waals surface area (Å²) in [6.45, 7) is 2.38. The molecular weight excluding hydrogens is 260 g/mol. The van der Waals surface area contributed by atoms with Crippen LogP contribution in [0.15, 0.2) is 0 Å². The molecule has 0 fully saturated rings. The predicted octanol–water partition coefficient (Wildman–Crippen LogP) is 1.45. The minimum absolute atomic E-state index is 0.00374. The molecule has 0 spiro atoms. The van der Waals surface area contributed by atoms with Gasteiger partial charge in [0.05, 0.1) is 7.11 Å². The van der Waals surface area contributed by atoms with E-state index in [-0.39, 0.29) is 29.6 Å². The van der Waals surface area contributed by atoms with Gasteiger partial charge in [-0.1, -0.05) is 13.3 Å². The van der Waals surface area contributed by atoms with E-state index < -0.39 is 5.97 Å². The Labute approximate surface area is 110 Å². The van der Waals surface area contributed by atoms with Crippen molar-refractivity contribution in [3.05, 3.63) is 5.28 Å². The lowest BCUT2D eigenvalue weighted by atomic mass is 10.0. The number of carboxylic acids is 1. The number of aliphatic carboxylic acids is 1. The Morgan fingerprint density at radius 1 is 1.50 bits per heavy atom. The first kappa shape index (κ1) is 14.4. The molecule has 1 unspecified atom stereocenters. The number of nitrogens with zero attached hydrogens (tertiary/aromatic N) is 3. The van der Waals surface area contributed by atoms with Gasteiger partial charge < -0.3 is 15.2 Å². The molecule has 1 atom stereocenters. The quantitative estimate of drug-likeness (QED) is 0.776. The summed E-state index contributed by atoms with van der Waals surface area (Å²) < 4.78 is 4.85. The van der Waals surface area contributed by atoms with Crippen LogP contribution in [0.4, 0.5) is 5.95 Å². The van der Waals surface area contributed by atoms with Crippen LogP contribution in [0, 0.1) is 5.92 Å². The van der Waals surface area contributed by atoms with Crippen molar-refractivity contribution >= 4 is 23.5 Å². The van der Waals surface area contributed by atoms with Gasteiger partial charge in [0.2, 0.25) is 11.2 Å². The van der Waals surface area contributed by atoms with Crippen molar-refractivity contribution in [2.45, 2.75) is 19.8 Å². The number of anilines is 1. The molecule has 1 rings (SSSR count). The smallest absolute Gasteiger partial charge is 0.322 e. The van der Waals surface area contributed by atoms with E-state index in [0.717, 1.165) is 6.42 Å². The number of carbonyl (C=O) groups is 1. The van der Waals surface area contributed by atoms with Crippen LogP contribution in [0.25, 0.3) is 0 Å². The summed E-state index contributed by atoms with van der Waals surface area (Å²) in [5.41, 5.74) is 0. The topological polar surface area (TPSA) is 97.2 Å². The third-order valence-electron chi connectivity index (χ3n) is 2.36. The minimum Gasteiger partial charge on any atom is -0.481 e. The number of halogens is 1. The highest BCUT2D eigenvalue weighted by molar-refractivity contribution is 6.28. The van der Waals surface area contributed by atoms with E-state index in [0.29, 0.717) is 6.54 Å². The van der Waals surface area contributed by atoms with Gasteiger partial charge in [-0.05, 0) is 17.5 Å². The lowest BCUT2D eigenvalue weighted by molar-refractivity contribution is -0.138. The van der Waals surface area contributed by atoms with Crippen LogP contribution in [0.5, 0.6) is 6.01 Å². The second-order valence-corrected chi connectivity index (χ2v) is 4.01. The SMILES string of the molecule is CCC(CNc1nc(Cl)nc(OC)n1)CC(=O)O. The molecule has 0 aromatic carbocycles. The number of rotatable bonds is 7. The van der Waals surface area contributed by atoms with Gasteiger partial charge >= 0.3 is 12.0 Å². The summed E-state index contributed by atoms with van der Waals surface area (Å²) in [6, 6.07) is 0.115. The molecule has 0 aliphatic rings. The van der Waals surface area contributed by atoms with Crippen LogP contribution in [-0.2, 0) is 4.79 Å². The molecule has 0 saturated carbocycles. The Hall–Kier alpha value is -1.63. The van der Waals surface area contributed by atoms with Crippen LogP contribution in [0.1, 0.15) is 19.8 Å². The number of ether oxygens (including phenoxy) is 1. The highest BCUT2D eigenvalue weighted by Crippen LogP contribution is 2.13. The van der Waals surface area contributed by atoms with Gasteiger partial charge in [-0.3, -0.25) is 4.79 Å². The highest BCUT2D eigenvalue weighted by Gasteiger charge is 2.12. The van der Waals surface area contributed by atoms with E-state index in [4.69, 9.17) is 21.4 Å². The molecule has 0 amide bonds. The van der Waals surface area contributed by atoms with Gasteiger partial charge in [0.1, 0.15) is 0 Å². The van der Waals surface area contributed by atoms with Crippen LogP contribution in [-0.4, -0.2) is 39.7 Å². The fraction of sp³-hybridized carbons (Fsp3) is 0.600. The summed E-state index contributed by atoms with van der Waals surface area (Å²) >= 11 is 5.69. The van der Waals surface area contributed by atoms with E-state index in [9.17, 15) is 4.79 Å². The van der Waals surface area contributed by atoms with E-state index in [2.05, 4.69) is 20.3 Å². The largest absolute Gasteiger partial charge is 0.481 e. The molecule has 1 heterocycles. The van der Waals surface area contributed by atoms with Crippen LogP contribution in [0.3, 0.4) is 0 Å². The third-order valence-corrected chi connectivity index (χ3v) is 2.53. The van der Waals surface area contributed by atoms with Gasteiger partial charge in [0.25, 0.3) is 0 Å². The Morgan fingerprint density at radius 2 is 2.22 bits per heavy atom. The average Bonchev–Trinajstić information content (AvgIpc) is 2.33. The maximum atomic E-state index is 10.6. The number of carboxylic acid groups (broad SMARTS) is 1. The van der Waals surface area contributed by atoms with Crippen molar-refractivity contribution in [2.75, 3.05) is 19.0 Å². The predicted molar refractivity (Wildman–Crippen MR) is 65.9 cm³/mol. The molecule has 1 aromatic heterocycles. The monoisotopic (exact) mass is 274 g/mol. The van der Waals surface area contributed by atoms with E-state index in [1.165, 1.54) is 7.11 Å². The molecule has 0 aliphatic heterocycles. The van der Waals surface area contributed by atoms with Crippen molar-refractivity contribution in [3.63, 3.8) is 0 Å². The lowest BCUT2D eigenvalue weighted by Crippen LogP contribution is -2.18. The van der Waals surface area contributed by atoms with Crippen molar-refractivity contribution in [3.8, 4) is 6.01 Å². The molecule has 18 heavy (non-hydrogen) atoms. The zero-order chi connectivity index (χ0) is 13.5. The Balaban J connectivity index is 2.61. The molecule has 100 valence electrons. The maximum absolute atomic E-state index is 10.6. The van der Waals surface area contributed by atoms with Crippen molar-refractivity contribution in [2.24, 2.45) is 5.92 Å². The van der Waals surface area contributed by atoms with Crippen molar-refractivity contribution in [1.82, 2.24) is 15.0 Å². The van der Waals surface area contributed by atoms with E-state index >= 15 is 0 Å². The van der Waals surface area contributed by atoms with Gasteiger partial charge in [0, 0.05) is 13.0 Å². The third kappa shape index (κ3) is 4.70. The molecule has 7 nitrogen and oxygen atoms in total. The molecule has 0 aliphatic carbocycles. The second-order valence-electron chi connectivity index (χ2n) is 3.67. The van der Waals surface area contributed by atoms with Gasteiger partial charge in [-0.2, -0.15) is 15.0 Å². The molecular formula is C10H15ClN4O3. The zero-order valence-electron chi connectivity index (χ0n) is 10.2. The van der Waals surface area contributed by atoms with E-state index in [1.807, 2.05) is 6.92 Å². The number of nitrogens with one attached hydrogen (secondary N) is 1. The first-order valence-electron chi connectivity index (χ1n) is 5.46. The first-order valence-corrected chi connectivity index (χ1v) is 5.84. The molecule has 8 heteroatoms. The minimum atomic E-state index is -0.824. The molecule has 2 N–H and O–H groups in total. The van der Waals surface area contributed by atoms with Crippen molar-refractivity contribution in [1.29, 1.82) is 0 Å². The highest BCUT2D eigenvalue weighted by atomic mass is 35.5. The fourth-order valence-corrected chi connectivity index (χ4v) is 1.50. The number of aromatic nitrogens is 3. The fourth-order valence-electron chi connectivity index (χ4n) is 1.35. The summed E-state index contributed by atoms with van der Waals surface area (Å²) in [5.74, 6) is -0.547. The van der Waals surface area contributed by atoms with Crippen molar-refractivity contribution < 1.29 is 14.6 Å². The second kappa shape index (κ2) is 6.95. The lowest BCUT2D eigenvalue weighted by Gasteiger charge is -2.13. The Bertz CT molecular complexity index is 416. The van der Waals surface area contributed by atoms with E-state index in [1.54, 1.807) is 0 Å². The molecule has 0 radical (unpaired) electrons. The molecule has 0 bridgehead atoms. The summed E-state index contributed by atoms with van der Waals surface area (Å²) in [4.78, 5) is 22.2. The zero-order valence-corrected chi connectivity index (χ0v) is 10.9. The van der Waals surface area contributed by atoms with Gasteiger partial charge in [0.15, 0.2) is 0 Å². The van der Waals surface area contributed by atoms with Crippen LogP contribution >= 0.6 is 11.6 Å². The summed E-state index contributed by atoms with van der Waals surface area (Å²) in [6.07, 6.45) is 0.842. The average molecular weight is 275 g/mol. The molecule has 1 aromatic rings. The number of hydrogen-bond donors (Lipinski definition) is 2. The van der Waals surface area contributed by atoms with Crippen LogP contribution < -0.4 is 10.1 Å². The summed E-state index contributed by atoms with van der Waals surface area (Å²) in [5, 5.41) is 11.7. The van der Waals surface area contributed by atoms with Crippen LogP contribution in [0.2, 0.25) is 5.28 Å². The number of methoxy groups -OCH3 is 1. The molecule has 0 saturated heterocycles. The number of hydrogen-bond acceptors (Lipinski definition) is 6. The van der Waals surface area contributed by atoms with Gasteiger partial charge in [-0.25, -0.2) is 0 Å². The maximum Gasteiger partial charge on any atom is 0.322 e. The standard InChI is InChI=1S/C10H15ClN4O3/c1-3-6(4-7(16)17)5-12-9-13-8(11)14-10(15-9)18-2/h6H,3-5H2,1-2H3,(H,16,17)(H,12,13,14,15).